The van der Waals surface area contributed by atoms with Gasteiger partial charge in [0, 0.05) is 12.3 Å². The molecule has 0 aromatic heterocycles. The van der Waals surface area contributed by atoms with Crippen LogP contribution in [0.4, 0.5) is 0 Å². The number of esters is 1. The van der Waals surface area contributed by atoms with Crippen molar-refractivity contribution in [3.63, 3.8) is 0 Å². The normalized spacial score (nSPS) is 7.11. The van der Waals surface area contributed by atoms with E-state index in [1.807, 2.05) is 6.92 Å². The third-order valence-corrected chi connectivity index (χ3v) is 0.348. The van der Waals surface area contributed by atoms with Crippen LogP contribution in [-0.4, -0.2) is 17.9 Å². The fourth-order valence-corrected chi connectivity index (χ4v) is 0.203. The molecule has 0 atom stereocenters. The van der Waals surface area contributed by atoms with E-state index in [1.54, 1.807) is 6.92 Å². The highest BCUT2D eigenvalue weighted by molar-refractivity contribution is 9.09. The number of hydrogen-bond acceptors (Lipinski definition) is 2. The molecule has 3 heteroatoms. The first-order valence-corrected chi connectivity index (χ1v) is 4.00. The molecule has 56 valence electrons. The van der Waals surface area contributed by atoms with Gasteiger partial charge in [0.2, 0.25) is 0 Å². The number of halogens is 1. The molecule has 0 N–H and O–H groups in total. The molecule has 0 aliphatic rings. The lowest BCUT2D eigenvalue weighted by Gasteiger charge is -1.89. The van der Waals surface area contributed by atoms with Crippen molar-refractivity contribution in [1.82, 2.24) is 0 Å². The molecule has 0 heterocycles. The Morgan fingerprint density at radius 2 is 1.89 bits per heavy atom. The minimum Gasteiger partial charge on any atom is -0.466 e. The minimum atomic E-state index is -0.211. The van der Waals surface area contributed by atoms with Crippen LogP contribution in [0.1, 0.15) is 20.8 Å². The van der Waals surface area contributed by atoms with Crippen molar-refractivity contribution in [2.24, 2.45) is 0 Å². The Kier molecular flexibility index (Phi) is 14.1. The monoisotopic (exact) mass is 196 g/mol. The second-order valence-electron chi connectivity index (χ2n) is 1.19. The lowest BCUT2D eigenvalue weighted by Crippen LogP contribution is -1.95. The molecule has 0 aromatic carbocycles. The Morgan fingerprint density at radius 3 is 1.89 bits per heavy atom. The van der Waals surface area contributed by atoms with Crippen LogP contribution in [0.3, 0.4) is 0 Å². The molecule has 0 rings (SSSR count). The van der Waals surface area contributed by atoms with Gasteiger partial charge in [-0.15, -0.1) is 0 Å². The predicted molar refractivity (Wildman–Crippen MR) is 41.8 cm³/mol. The highest BCUT2D eigenvalue weighted by Gasteiger charge is 1.81. The Hall–Kier alpha value is -0.0500. The van der Waals surface area contributed by atoms with Crippen LogP contribution < -0.4 is 0 Å². The van der Waals surface area contributed by atoms with Crippen molar-refractivity contribution >= 4 is 21.9 Å². The van der Waals surface area contributed by atoms with Gasteiger partial charge >= 0.3 is 5.97 Å². The molecule has 0 amide bonds. The van der Waals surface area contributed by atoms with E-state index in [0.29, 0.717) is 6.61 Å². The number of carbonyl (C=O) groups is 1. The molecule has 0 aromatic rings. The molecule has 0 unspecified atom stereocenters. The van der Waals surface area contributed by atoms with Crippen molar-refractivity contribution in [2.75, 3.05) is 11.9 Å². The smallest absolute Gasteiger partial charge is 0.302 e. The molecule has 0 aliphatic heterocycles. The van der Waals surface area contributed by atoms with Crippen molar-refractivity contribution in [3.8, 4) is 0 Å². The van der Waals surface area contributed by atoms with Crippen molar-refractivity contribution in [3.05, 3.63) is 0 Å². The topological polar surface area (TPSA) is 26.3 Å². The van der Waals surface area contributed by atoms with Crippen LogP contribution >= 0.6 is 15.9 Å². The van der Waals surface area contributed by atoms with E-state index in [1.165, 1.54) is 6.92 Å². The number of alkyl halides is 1. The summed E-state index contributed by atoms with van der Waals surface area (Å²) in [6.07, 6.45) is 0. The maximum absolute atomic E-state index is 9.82. The highest BCUT2D eigenvalue weighted by Crippen LogP contribution is 1.69. The van der Waals surface area contributed by atoms with Gasteiger partial charge < -0.3 is 4.74 Å². The van der Waals surface area contributed by atoms with Crippen LogP contribution in [-0.2, 0) is 9.53 Å². The Bertz CT molecular complexity index is 64.1. The molecule has 0 aliphatic carbocycles. The second-order valence-corrected chi connectivity index (χ2v) is 2.31. The van der Waals surface area contributed by atoms with E-state index < -0.39 is 0 Å². The second kappa shape index (κ2) is 10.8. The largest absolute Gasteiger partial charge is 0.466 e. The number of hydrogen-bond donors (Lipinski definition) is 0. The van der Waals surface area contributed by atoms with Gasteiger partial charge in [-0.05, 0) is 6.92 Å². The maximum Gasteiger partial charge on any atom is 0.302 e. The van der Waals surface area contributed by atoms with Gasteiger partial charge in [-0.3, -0.25) is 4.79 Å². The van der Waals surface area contributed by atoms with Gasteiger partial charge in [-0.25, -0.2) is 0 Å². The van der Waals surface area contributed by atoms with Crippen LogP contribution in [0.5, 0.6) is 0 Å². The lowest BCUT2D eigenvalue weighted by molar-refractivity contribution is -0.140. The molecule has 0 fully saturated rings. The predicted octanol–water partition coefficient (Wildman–Crippen LogP) is 1.97. The molecule has 0 bridgehead atoms. The lowest BCUT2D eigenvalue weighted by atomic mass is 10.8. The molecule has 2 nitrogen and oxygen atoms in total. The van der Waals surface area contributed by atoms with Crippen LogP contribution in [0.15, 0.2) is 0 Å². The van der Waals surface area contributed by atoms with Gasteiger partial charge in [0.15, 0.2) is 0 Å². The number of carbonyl (C=O) groups excluding carboxylic acids is 1. The van der Waals surface area contributed by atoms with Gasteiger partial charge in [-0.2, -0.15) is 0 Å². The summed E-state index contributed by atoms with van der Waals surface area (Å²) in [6.45, 7) is 5.69. The Morgan fingerprint density at radius 1 is 1.56 bits per heavy atom. The van der Waals surface area contributed by atoms with Crippen molar-refractivity contribution in [2.45, 2.75) is 20.8 Å². The zero-order chi connectivity index (χ0) is 7.70. The molecule has 9 heavy (non-hydrogen) atoms. The summed E-state index contributed by atoms with van der Waals surface area (Å²) in [5.74, 6) is -0.211. The van der Waals surface area contributed by atoms with Gasteiger partial charge in [0.05, 0.1) is 6.61 Å². The van der Waals surface area contributed by atoms with E-state index in [4.69, 9.17) is 0 Å². The van der Waals surface area contributed by atoms with Crippen molar-refractivity contribution in [1.29, 1.82) is 0 Å². The fourth-order valence-electron chi connectivity index (χ4n) is 0.203. The van der Waals surface area contributed by atoms with E-state index in [-0.39, 0.29) is 5.97 Å². The average Bonchev–Trinajstić information content (AvgIpc) is 1.67. The quantitative estimate of drug-likeness (QED) is 0.474. The summed E-state index contributed by atoms with van der Waals surface area (Å²) in [5.41, 5.74) is 0. The van der Waals surface area contributed by atoms with Gasteiger partial charge in [-0.1, -0.05) is 22.9 Å². The highest BCUT2D eigenvalue weighted by atomic mass is 79.9. The first kappa shape index (κ1) is 11.7. The Labute approximate surface area is 64.7 Å². The molecule has 0 saturated carbocycles. The number of ether oxygens (including phenoxy) is 1. The van der Waals surface area contributed by atoms with Crippen LogP contribution in [0, 0.1) is 0 Å². The summed E-state index contributed by atoms with van der Waals surface area (Å²) >= 11 is 3.15. The molecular weight excluding hydrogens is 184 g/mol. The third kappa shape index (κ3) is 32.3. The SMILES string of the molecule is CCBr.CCOC(C)=O. The summed E-state index contributed by atoms with van der Waals surface area (Å²) in [4.78, 5) is 9.82. The van der Waals surface area contributed by atoms with E-state index in [0.717, 1.165) is 5.33 Å². The molecule has 0 radical (unpaired) electrons. The third-order valence-electron chi connectivity index (χ3n) is 0.348. The van der Waals surface area contributed by atoms with Gasteiger partial charge in [0.1, 0.15) is 0 Å². The Balaban J connectivity index is 0. The van der Waals surface area contributed by atoms with E-state index >= 15 is 0 Å². The first-order chi connectivity index (χ1) is 4.18. The van der Waals surface area contributed by atoms with Gasteiger partial charge in [0.25, 0.3) is 0 Å². The summed E-state index contributed by atoms with van der Waals surface area (Å²) < 4.78 is 4.40. The first-order valence-electron chi connectivity index (χ1n) is 2.88. The standard InChI is InChI=1S/C4H8O2.C2H5Br/c1-3-6-4(2)5;1-2-3/h3H2,1-2H3;2H2,1H3. The molecular formula is C6H13BrO2. The number of rotatable bonds is 1. The summed E-state index contributed by atoms with van der Waals surface area (Å²) in [5, 5.41) is 1.06. The van der Waals surface area contributed by atoms with E-state index in [9.17, 15) is 4.79 Å². The van der Waals surface area contributed by atoms with Crippen LogP contribution in [0.2, 0.25) is 0 Å². The van der Waals surface area contributed by atoms with E-state index in [2.05, 4.69) is 20.7 Å². The molecule has 0 saturated heterocycles. The summed E-state index contributed by atoms with van der Waals surface area (Å²) in [6, 6.07) is 0. The van der Waals surface area contributed by atoms with Crippen LogP contribution in [0.25, 0.3) is 0 Å². The minimum absolute atomic E-state index is 0.211. The van der Waals surface area contributed by atoms with Crippen molar-refractivity contribution < 1.29 is 9.53 Å². The average molecular weight is 197 g/mol. The zero-order valence-electron chi connectivity index (χ0n) is 6.11. The fraction of sp³-hybridized carbons (Fsp3) is 0.833. The zero-order valence-corrected chi connectivity index (χ0v) is 7.69. The molecule has 0 spiro atoms. The maximum atomic E-state index is 9.82. The summed E-state index contributed by atoms with van der Waals surface area (Å²) in [7, 11) is 0.